The molecule has 5 nitrogen and oxygen atoms in total. The average Bonchev–Trinajstić information content (AvgIpc) is 3.35. The Kier molecular flexibility index (Phi) is 6.15. The first-order chi connectivity index (χ1) is 12.2. The Morgan fingerprint density at radius 3 is 2.65 bits per heavy atom. The fourth-order valence-electron chi connectivity index (χ4n) is 4.10. The Labute approximate surface area is 165 Å². The summed E-state index contributed by atoms with van der Waals surface area (Å²) in [7, 11) is 0. The van der Waals surface area contributed by atoms with Crippen LogP contribution < -0.4 is 10.6 Å². The van der Waals surface area contributed by atoms with Crippen LogP contribution in [-0.2, 0) is 4.79 Å². The van der Waals surface area contributed by atoms with Crippen molar-refractivity contribution in [2.75, 3.05) is 43.0 Å². The summed E-state index contributed by atoms with van der Waals surface area (Å²) in [5.74, 6) is 2.31. The van der Waals surface area contributed by atoms with Gasteiger partial charge in [0.2, 0.25) is 5.91 Å². The summed E-state index contributed by atoms with van der Waals surface area (Å²) in [6.45, 7) is 3.64. The lowest BCUT2D eigenvalue weighted by molar-refractivity contribution is -0.118. The van der Waals surface area contributed by atoms with E-state index in [0.717, 1.165) is 62.6 Å². The van der Waals surface area contributed by atoms with Gasteiger partial charge in [-0.2, -0.15) is 11.8 Å². The van der Waals surface area contributed by atoms with Crippen LogP contribution in [-0.4, -0.2) is 54.4 Å². The number of rotatable bonds is 3. The van der Waals surface area contributed by atoms with E-state index < -0.39 is 0 Å². The molecule has 2 N–H and O–H groups in total. The van der Waals surface area contributed by atoms with E-state index in [9.17, 15) is 9.59 Å². The molecule has 0 bridgehead atoms. The SMILES string of the molecule is Cl.O=C(Nc1cccc(C(=O)N2CCSCC2)c1)C1CC12CCNCC2. The van der Waals surface area contributed by atoms with Crippen molar-refractivity contribution in [1.29, 1.82) is 0 Å². The summed E-state index contributed by atoms with van der Waals surface area (Å²) in [5, 5.41) is 6.40. The molecule has 2 aliphatic heterocycles. The van der Waals surface area contributed by atoms with Crippen LogP contribution >= 0.6 is 24.2 Å². The summed E-state index contributed by atoms with van der Waals surface area (Å²) in [6, 6.07) is 7.39. The molecule has 0 aromatic heterocycles. The van der Waals surface area contributed by atoms with Crippen molar-refractivity contribution < 1.29 is 9.59 Å². The van der Waals surface area contributed by atoms with Crippen molar-refractivity contribution in [3.8, 4) is 0 Å². The Balaban J connectivity index is 0.00000196. The number of anilines is 1. The molecule has 1 saturated carbocycles. The van der Waals surface area contributed by atoms with Crippen LogP contribution in [0.2, 0.25) is 0 Å². The number of halogens is 1. The molecule has 1 aliphatic carbocycles. The van der Waals surface area contributed by atoms with Gasteiger partial charge in [-0.3, -0.25) is 9.59 Å². The minimum atomic E-state index is 0. The highest BCUT2D eigenvalue weighted by atomic mass is 35.5. The van der Waals surface area contributed by atoms with Gasteiger partial charge in [-0.15, -0.1) is 12.4 Å². The molecule has 3 fully saturated rings. The van der Waals surface area contributed by atoms with E-state index >= 15 is 0 Å². The Morgan fingerprint density at radius 2 is 1.92 bits per heavy atom. The van der Waals surface area contributed by atoms with Gasteiger partial charge in [-0.25, -0.2) is 0 Å². The number of piperidine rings is 1. The topological polar surface area (TPSA) is 61.4 Å². The van der Waals surface area contributed by atoms with E-state index in [1.807, 2.05) is 40.9 Å². The maximum absolute atomic E-state index is 12.6. The standard InChI is InChI=1S/C19H25N3O2S.ClH/c23-17(16-13-19(16)4-6-20-7-5-19)21-15-3-1-2-14(12-15)18(24)22-8-10-25-11-9-22;/h1-3,12,16,20H,4-11,13H2,(H,21,23);1H. The van der Waals surface area contributed by atoms with Crippen molar-refractivity contribution in [3.05, 3.63) is 29.8 Å². The van der Waals surface area contributed by atoms with Gasteiger partial charge < -0.3 is 15.5 Å². The minimum Gasteiger partial charge on any atom is -0.337 e. The van der Waals surface area contributed by atoms with Crippen LogP contribution in [0.15, 0.2) is 24.3 Å². The number of thioether (sulfide) groups is 1. The van der Waals surface area contributed by atoms with Gasteiger partial charge in [0.25, 0.3) is 5.91 Å². The number of hydrogen-bond acceptors (Lipinski definition) is 4. The molecular weight excluding hydrogens is 370 g/mol. The molecule has 1 aromatic carbocycles. The number of benzene rings is 1. The lowest BCUT2D eigenvalue weighted by Gasteiger charge is -2.26. The normalized spacial score (nSPS) is 23.8. The second kappa shape index (κ2) is 8.19. The third kappa shape index (κ3) is 4.02. The van der Waals surface area contributed by atoms with E-state index in [4.69, 9.17) is 0 Å². The number of hydrogen-bond donors (Lipinski definition) is 2. The highest BCUT2D eigenvalue weighted by molar-refractivity contribution is 7.99. The van der Waals surface area contributed by atoms with Crippen molar-refractivity contribution in [3.63, 3.8) is 0 Å². The van der Waals surface area contributed by atoms with Gasteiger partial charge in [-0.05, 0) is 56.0 Å². The quantitative estimate of drug-likeness (QED) is 0.825. The maximum Gasteiger partial charge on any atom is 0.253 e. The van der Waals surface area contributed by atoms with Crippen molar-refractivity contribution in [2.45, 2.75) is 19.3 Å². The molecule has 26 heavy (non-hydrogen) atoms. The van der Waals surface area contributed by atoms with E-state index in [0.29, 0.717) is 5.56 Å². The molecular formula is C19H26ClN3O2S. The predicted molar refractivity (Wildman–Crippen MR) is 108 cm³/mol. The van der Waals surface area contributed by atoms with Gasteiger partial charge in [-0.1, -0.05) is 6.07 Å². The number of amides is 2. The molecule has 7 heteroatoms. The predicted octanol–water partition coefficient (Wildman–Crippen LogP) is 2.63. The number of carbonyl (C=O) groups excluding carboxylic acids is 2. The fourth-order valence-corrected chi connectivity index (χ4v) is 5.01. The second-order valence-electron chi connectivity index (χ2n) is 7.34. The third-order valence-electron chi connectivity index (χ3n) is 5.78. The van der Waals surface area contributed by atoms with E-state index in [1.54, 1.807) is 0 Å². The summed E-state index contributed by atoms with van der Waals surface area (Å²) >= 11 is 1.89. The van der Waals surface area contributed by atoms with Gasteiger partial charge in [0.1, 0.15) is 0 Å². The minimum absolute atomic E-state index is 0. The zero-order valence-electron chi connectivity index (χ0n) is 14.8. The van der Waals surface area contributed by atoms with Gasteiger partial charge in [0.05, 0.1) is 0 Å². The van der Waals surface area contributed by atoms with Crippen LogP contribution in [0.3, 0.4) is 0 Å². The first-order valence-corrected chi connectivity index (χ1v) is 10.3. The Bertz CT molecular complexity index is 673. The molecule has 1 spiro atoms. The average molecular weight is 396 g/mol. The smallest absolute Gasteiger partial charge is 0.253 e. The molecule has 1 atom stereocenters. The molecule has 1 unspecified atom stereocenters. The molecule has 1 aromatic rings. The molecule has 2 saturated heterocycles. The van der Waals surface area contributed by atoms with E-state index in [2.05, 4.69) is 10.6 Å². The lowest BCUT2D eigenvalue weighted by Crippen LogP contribution is -2.37. The third-order valence-corrected chi connectivity index (χ3v) is 6.72. The highest BCUT2D eigenvalue weighted by Gasteiger charge is 2.57. The molecule has 0 radical (unpaired) electrons. The summed E-state index contributed by atoms with van der Waals surface area (Å²) in [6.07, 6.45) is 3.19. The van der Waals surface area contributed by atoms with Crippen LogP contribution in [0.5, 0.6) is 0 Å². The first kappa shape index (κ1) is 19.5. The lowest BCUT2D eigenvalue weighted by atomic mass is 9.92. The largest absolute Gasteiger partial charge is 0.337 e. The van der Waals surface area contributed by atoms with Crippen molar-refractivity contribution in [1.82, 2.24) is 10.2 Å². The molecule has 2 amide bonds. The van der Waals surface area contributed by atoms with Crippen LogP contribution in [0.4, 0.5) is 5.69 Å². The number of carbonyl (C=O) groups is 2. The summed E-state index contributed by atoms with van der Waals surface area (Å²) in [4.78, 5) is 27.1. The zero-order chi connectivity index (χ0) is 17.3. The number of nitrogens with zero attached hydrogens (tertiary/aromatic N) is 1. The van der Waals surface area contributed by atoms with E-state index in [1.165, 1.54) is 0 Å². The highest BCUT2D eigenvalue weighted by Crippen LogP contribution is 2.58. The molecule has 4 rings (SSSR count). The zero-order valence-corrected chi connectivity index (χ0v) is 16.5. The summed E-state index contributed by atoms with van der Waals surface area (Å²) < 4.78 is 0. The Hall–Kier alpha value is -1.24. The van der Waals surface area contributed by atoms with Crippen molar-refractivity contribution in [2.24, 2.45) is 11.3 Å². The van der Waals surface area contributed by atoms with Crippen LogP contribution in [0.1, 0.15) is 29.6 Å². The fraction of sp³-hybridized carbons (Fsp3) is 0.579. The monoisotopic (exact) mass is 395 g/mol. The Morgan fingerprint density at radius 1 is 1.19 bits per heavy atom. The van der Waals surface area contributed by atoms with Crippen LogP contribution in [0.25, 0.3) is 0 Å². The van der Waals surface area contributed by atoms with Crippen LogP contribution in [0, 0.1) is 11.3 Å². The summed E-state index contributed by atoms with van der Waals surface area (Å²) in [5.41, 5.74) is 1.63. The first-order valence-electron chi connectivity index (χ1n) is 9.17. The van der Waals surface area contributed by atoms with Gasteiger partial charge in [0.15, 0.2) is 0 Å². The van der Waals surface area contributed by atoms with Gasteiger partial charge in [0, 0.05) is 41.8 Å². The maximum atomic E-state index is 12.6. The van der Waals surface area contributed by atoms with Gasteiger partial charge >= 0.3 is 0 Å². The number of nitrogens with one attached hydrogen (secondary N) is 2. The van der Waals surface area contributed by atoms with Crippen molar-refractivity contribution >= 4 is 41.7 Å². The molecule has 2 heterocycles. The van der Waals surface area contributed by atoms with E-state index in [-0.39, 0.29) is 35.6 Å². The second-order valence-corrected chi connectivity index (χ2v) is 8.57. The molecule has 142 valence electrons. The molecule has 3 aliphatic rings.